The van der Waals surface area contributed by atoms with Crippen LogP contribution in [0.4, 0.5) is 5.69 Å². The van der Waals surface area contributed by atoms with Gasteiger partial charge in [0, 0.05) is 18.8 Å². The van der Waals surface area contributed by atoms with Crippen LogP contribution in [0.1, 0.15) is 11.1 Å². The molecule has 0 saturated carbocycles. The highest BCUT2D eigenvalue weighted by Gasteiger charge is 2.02. The molecule has 7 N–H and O–H groups in total. The van der Waals surface area contributed by atoms with E-state index in [1.165, 1.54) is 0 Å². The van der Waals surface area contributed by atoms with Crippen molar-refractivity contribution in [1.29, 1.82) is 0 Å². The van der Waals surface area contributed by atoms with Gasteiger partial charge in [0.05, 0.1) is 0 Å². The zero-order chi connectivity index (χ0) is 10.6. The lowest BCUT2D eigenvalue weighted by atomic mass is 10.1. The molecule has 0 unspecified atom stereocenters. The smallest absolute Gasteiger partial charge is 0.168 e. The van der Waals surface area contributed by atoms with Gasteiger partial charge in [-0.1, -0.05) is 12.1 Å². The van der Waals surface area contributed by atoms with E-state index in [0.29, 0.717) is 13.1 Å². The first-order chi connectivity index (χ1) is 6.67. The van der Waals surface area contributed by atoms with Crippen LogP contribution in [0.15, 0.2) is 18.2 Å². The monoisotopic (exact) mass is 210 g/mol. The summed E-state index contributed by atoms with van der Waals surface area (Å²) in [5.74, 6) is 0. The molecule has 0 aliphatic carbocycles. The third-order valence-electron chi connectivity index (χ3n) is 1.89. The molecule has 0 heterocycles. The normalized spacial score (nSPS) is 9.86. The number of thiocarbonyl (C=S) groups is 1. The number of benzene rings is 1. The highest BCUT2D eigenvalue weighted by Crippen LogP contribution is 2.16. The maximum absolute atomic E-state index is 5.56. The van der Waals surface area contributed by atoms with E-state index >= 15 is 0 Å². The van der Waals surface area contributed by atoms with Gasteiger partial charge in [0.1, 0.15) is 0 Å². The van der Waals surface area contributed by atoms with Crippen molar-refractivity contribution in [2.75, 3.05) is 5.32 Å². The van der Waals surface area contributed by atoms with Crippen molar-refractivity contribution in [3.05, 3.63) is 29.3 Å². The Morgan fingerprint density at radius 1 is 1.29 bits per heavy atom. The quantitative estimate of drug-likeness (QED) is 0.537. The highest BCUT2D eigenvalue weighted by atomic mass is 32.1. The summed E-state index contributed by atoms with van der Waals surface area (Å²) in [6.45, 7) is 0.923. The number of nitrogens with two attached hydrogens (primary N) is 3. The second-order valence-electron chi connectivity index (χ2n) is 2.89. The summed E-state index contributed by atoms with van der Waals surface area (Å²) in [4.78, 5) is 0. The van der Waals surface area contributed by atoms with Crippen molar-refractivity contribution in [2.45, 2.75) is 13.1 Å². The number of rotatable bonds is 3. The predicted molar refractivity (Wildman–Crippen MR) is 62.6 cm³/mol. The van der Waals surface area contributed by atoms with Gasteiger partial charge in [-0.15, -0.1) is 0 Å². The molecule has 1 aromatic rings. The summed E-state index contributed by atoms with van der Waals surface area (Å²) in [6.07, 6.45) is 0. The van der Waals surface area contributed by atoms with Crippen LogP contribution in [-0.4, -0.2) is 5.11 Å². The van der Waals surface area contributed by atoms with Crippen LogP contribution in [0.5, 0.6) is 0 Å². The Kier molecular flexibility index (Phi) is 3.82. The lowest BCUT2D eigenvalue weighted by Gasteiger charge is -2.10. The van der Waals surface area contributed by atoms with E-state index in [-0.39, 0.29) is 5.11 Å². The minimum Gasteiger partial charge on any atom is -0.376 e. The molecule has 0 aliphatic rings. The molecule has 1 rings (SSSR count). The van der Waals surface area contributed by atoms with Crippen molar-refractivity contribution in [3.8, 4) is 0 Å². The van der Waals surface area contributed by atoms with Crippen LogP contribution in [0.3, 0.4) is 0 Å². The third-order valence-corrected chi connectivity index (χ3v) is 1.99. The third kappa shape index (κ3) is 2.66. The van der Waals surface area contributed by atoms with Gasteiger partial charge >= 0.3 is 0 Å². The number of hydrogen-bond acceptors (Lipinski definition) is 3. The molecule has 0 spiro atoms. The number of nitrogens with one attached hydrogen (secondary N) is 1. The van der Waals surface area contributed by atoms with E-state index < -0.39 is 0 Å². The van der Waals surface area contributed by atoms with Gasteiger partial charge in [0.2, 0.25) is 0 Å². The molecule has 0 amide bonds. The second-order valence-corrected chi connectivity index (χ2v) is 3.33. The predicted octanol–water partition coefficient (Wildman–Crippen LogP) is 0.260. The molecule has 0 atom stereocenters. The fourth-order valence-electron chi connectivity index (χ4n) is 1.18. The van der Waals surface area contributed by atoms with Crippen LogP contribution >= 0.6 is 12.2 Å². The Morgan fingerprint density at radius 2 is 2.00 bits per heavy atom. The first-order valence-electron chi connectivity index (χ1n) is 4.25. The van der Waals surface area contributed by atoms with E-state index in [1.807, 2.05) is 18.2 Å². The van der Waals surface area contributed by atoms with Crippen LogP contribution in [-0.2, 0) is 13.1 Å². The Hall–Kier alpha value is -1.17. The molecule has 5 heteroatoms. The summed E-state index contributed by atoms with van der Waals surface area (Å²) >= 11 is 4.76. The van der Waals surface area contributed by atoms with Gasteiger partial charge in [-0.3, -0.25) is 0 Å². The van der Waals surface area contributed by atoms with E-state index in [2.05, 4.69) is 5.32 Å². The average Bonchev–Trinajstić information content (AvgIpc) is 2.16. The van der Waals surface area contributed by atoms with Crippen LogP contribution in [0, 0.1) is 0 Å². The summed E-state index contributed by atoms with van der Waals surface area (Å²) < 4.78 is 0. The lowest BCUT2D eigenvalue weighted by Crippen LogP contribution is -2.20. The van der Waals surface area contributed by atoms with Crippen LogP contribution < -0.4 is 22.5 Å². The minimum atomic E-state index is 0.230. The Labute approximate surface area is 88.5 Å². The average molecular weight is 210 g/mol. The molecule has 76 valence electrons. The molecule has 4 nitrogen and oxygen atoms in total. The molecule has 14 heavy (non-hydrogen) atoms. The first-order valence-corrected chi connectivity index (χ1v) is 4.66. The fraction of sp³-hybridized carbons (Fsp3) is 0.222. The topological polar surface area (TPSA) is 90.1 Å². The molecule has 0 aromatic heterocycles. The largest absolute Gasteiger partial charge is 0.376 e. The van der Waals surface area contributed by atoms with Crippen molar-refractivity contribution in [1.82, 2.24) is 0 Å². The second kappa shape index (κ2) is 4.90. The summed E-state index contributed by atoms with van der Waals surface area (Å²) in [6, 6.07) is 5.76. The molecule has 0 aliphatic heterocycles. The fourth-order valence-corrected chi connectivity index (χ4v) is 1.29. The Morgan fingerprint density at radius 3 is 2.50 bits per heavy atom. The zero-order valence-electron chi connectivity index (χ0n) is 7.79. The van der Waals surface area contributed by atoms with Gasteiger partial charge in [-0.05, 0) is 29.4 Å². The number of anilines is 1. The minimum absolute atomic E-state index is 0.230. The van der Waals surface area contributed by atoms with E-state index in [1.54, 1.807) is 0 Å². The van der Waals surface area contributed by atoms with Crippen molar-refractivity contribution < 1.29 is 0 Å². The van der Waals surface area contributed by atoms with Gasteiger partial charge in [-0.2, -0.15) is 0 Å². The molecule has 1 aromatic carbocycles. The van der Waals surface area contributed by atoms with Gasteiger partial charge < -0.3 is 22.5 Å². The standard InChI is InChI=1S/C9H14N4S/c10-4-6-1-2-7(5-11)8(3-6)13-9(12)14/h1-3H,4-5,10-11H2,(H3,12,13,14). The maximum atomic E-state index is 5.56. The van der Waals surface area contributed by atoms with E-state index in [0.717, 1.165) is 16.8 Å². The van der Waals surface area contributed by atoms with E-state index in [9.17, 15) is 0 Å². The Balaban J connectivity index is 3.01. The SMILES string of the molecule is NCc1ccc(CN)c(NC(N)=S)c1. The first kappa shape index (κ1) is 10.9. The molecule has 0 radical (unpaired) electrons. The summed E-state index contributed by atoms with van der Waals surface area (Å²) in [5, 5.41) is 3.10. The van der Waals surface area contributed by atoms with Gasteiger partial charge in [-0.25, -0.2) is 0 Å². The molecule has 0 bridgehead atoms. The van der Waals surface area contributed by atoms with Crippen molar-refractivity contribution >= 4 is 23.0 Å². The summed E-state index contributed by atoms with van der Waals surface area (Å²) in [5.41, 5.74) is 19.3. The van der Waals surface area contributed by atoms with Crippen molar-refractivity contribution in [3.63, 3.8) is 0 Å². The van der Waals surface area contributed by atoms with Gasteiger partial charge in [0.15, 0.2) is 5.11 Å². The highest BCUT2D eigenvalue weighted by molar-refractivity contribution is 7.80. The number of hydrogen-bond donors (Lipinski definition) is 4. The molecular weight excluding hydrogens is 196 g/mol. The zero-order valence-corrected chi connectivity index (χ0v) is 8.60. The van der Waals surface area contributed by atoms with Gasteiger partial charge in [0.25, 0.3) is 0 Å². The molecule has 0 fully saturated rings. The molecular formula is C9H14N4S. The van der Waals surface area contributed by atoms with Crippen molar-refractivity contribution in [2.24, 2.45) is 17.2 Å². The lowest BCUT2D eigenvalue weighted by molar-refractivity contribution is 1.04. The molecule has 0 saturated heterocycles. The summed E-state index contributed by atoms with van der Waals surface area (Å²) in [7, 11) is 0. The maximum Gasteiger partial charge on any atom is 0.168 e. The van der Waals surface area contributed by atoms with E-state index in [4.69, 9.17) is 29.4 Å². The Bertz CT molecular complexity index is 338. The van der Waals surface area contributed by atoms with Crippen LogP contribution in [0.25, 0.3) is 0 Å². The van der Waals surface area contributed by atoms with Crippen LogP contribution in [0.2, 0.25) is 0 Å².